The molecule has 5 rings (SSSR count). The highest BCUT2D eigenvalue weighted by Crippen LogP contribution is 2.29. The van der Waals surface area contributed by atoms with Crippen LogP contribution in [-0.4, -0.2) is 57.0 Å². The maximum absolute atomic E-state index is 14.6. The number of amides is 1. The fraction of sp³-hybridized carbons (Fsp3) is 0.321. The van der Waals surface area contributed by atoms with Crippen LogP contribution in [-0.2, 0) is 6.42 Å². The highest BCUT2D eigenvalue weighted by molar-refractivity contribution is 5.96. The van der Waals surface area contributed by atoms with Gasteiger partial charge in [0.25, 0.3) is 5.91 Å². The van der Waals surface area contributed by atoms with Crippen LogP contribution in [0.2, 0.25) is 0 Å². The summed E-state index contributed by atoms with van der Waals surface area (Å²) in [5.74, 6) is -1.63. The molecule has 12 heteroatoms. The maximum Gasteiger partial charge on any atom is 0.251 e. The summed E-state index contributed by atoms with van der Waals surface area (Å²) < 4.78 is 51.1. The second-order valence-electron chi connectivity index (χ2n) is 9.55. The van der Waals surface area contributed by atoms with Crippen molar-refractivity contribution >= 4 is 23.1 Å². The van der Waals surface area contributed by atoms with Crippen molar-refractivity contribution in [1.29, 1.82) is 0 Å². The Morgan fingerprint density at radius 1 is 1.18 bits per heavy atom. The summed E-state index contributed by atoms with van der Waals surface area (Å²) >= 11 is 0. The van der Waals surface area contributed by atoms with Crippen molar-refractivity contribution in [1.82, 2.24) is 25.0 Å². The van der Waals surface area contributed by atoms with Crippen molar-refractivity contribution < 1.29 is 27.5 Å². The zero-order valence-corrected chi connectivity index (χ0v) is 22.2. The topological polar surface area (TPSA) is 104 Å². The van der Waals surface area contributed by atoms with E-state index in [-0.39, 0.29) is 23.6 Å². The molecule has 0 radical (unpaired) electrons. The summed E-state index contributed by atoms with van der Waals surface area (Å²) in [6.07, 6.45) is 3.11. The molecule has 212 valence electrons. The molecule has 0 aliphatic carbocycles. The van der Waals surface area contributed by atoms with E-state index in [9.17, 15) is 27.5 Å². The van der Waals surface area contributed by atoms with Gasteiger partial charge in [-0.15, -0.1) is 0 Å². The lowest BCUT2D eigenvalue weighted by atomic mass is 9.97. The number of hydrogen-bond acceptors (Lipinski definition) is 6. The summed E-state index contributed by atoms with van der Waals surface area (Å²) in [5.41, 5.74) is 2.33. The first kappa shape index (κ1) is 29.0. The van der Waals surface area contributed by atoms with E-state index in [1.807, 2.05) is 13.0 Å². The average molecular weight is 559 g/mol. The van der Waals surface area contributed by atoms with Gasteiger partial charge >= 0.3 is 0 Å². The molecule has 0 saturated carbocycles. The molecule has 4 N–H and O–H groups in total. The normalized spacial score (nSPS) is 13.9. The minimum atomic E-state index is -2.17. The Kier molecular flexibility index (Phi) is 8.70. The van der Waals surface area contributed by atoms with Crippen molar-refractivity contribution in [3.05, 3.63) is 77.2 Å². The first-order chi connectivity index (χ1) is 19.0. The molecule has 0 bridgehead atoms. The van der Waals surface area contributed by atoms with Crippen molar-refractivity contribution in [2.45, 2.75) is 39.2 Å². The van der Waals surface area contributed by atoms with E-state index >= 15 is 0 Å². The largest absolute Gasteiger partial charge is 0.385 e. The van der Waals surface area contributed by atoms with Gasteiger partial charge in [-0.2, -0.15) is 0 Å². The summed E-state index contributed by atoms with van der Waals surface area (Å²) in [6.45, 7) is 5.39. The van der Waals surface area contributed by atoms with Gasteiger partial charge in [0, 0.05) is 48.8 Å². The molecule has 1 aliphatic rings. The summed E-state index contributed by atoms with van der Waals surface area (Å²) in [4.78, 5) is 21.5. The number of carbonyl (C=O) groups excluding carboxylic acids is 1. The first-order valence-corrected chi connectivity index (χ1v) is 12.7. The number of nitrogens with one attached hydrogen (secondary N) is 3. The number of hydrogen-bond donors (Lipinski definition) is 4. The monoisotopic (exact) mass is 558 g/mol. The van der Waals surface area contributed by atoms with Crippen molar-refractivity contribution in [3.63, 3.8) is 0 Å². The Balaban J connectivity index is 0.000000867. The molecule has 8 nitrogen and oxygen atoms in total. The smallest absolute Gasteiger partial charge is 0.251 e. The number of aliphatic hydroxyl groups is 1. The number of benzene rings is 2. The Labute approximate surface area is 228 Å². The third kappa shape index (κ3) is 6.23. The number of alkyl halides is 2. The molecule has 0 unspecified atom stereocenters. The predicted molar refractivity (Wildman–Crippen MR) is 144 cm³/mol. The van der Waals surface area contributed by atoms with Gasteiger partial charge in [-0.1, -0.05) is 13.0 Å². The van der Waals surface area contributed by atoms with Crippen molar-refractivity contribution in [2.24, 2.45) is 0 Å². The quantitative estimate of drug-likeness (QED) is 0.247. The van der Waals surface area contributed by atoms with Crippen molar-refractivity contribution in [2.75, 3.05) is 25.0 Å². The van der Waals surface area contributed by atoms with Crippen molar-refractivity contribution in [3.8, 4) is 11.3 Å². The Morgan fingerprint density at radius 3 is 2.55 bits per heavy atom. The summed E-state index contributed by atoms with van der Waals surface area (Å²) in [5, 5.41) is 19.2. The van der Waals surface area contributed by atoms with Crippen LogP contribution >= 0.6 is 0 Å². The van der Waals surface area contributed by atoms with Gasteiger partial charge < -0.3 is 21.1 Å². The first-order valence-electron chi connectivity index (χ1n) is 12.7. The Bertz CT molecular complexity index is 1520. The molecule has 1 saturated heterocycles. The van der Waals surface area contributed by atoms with Crippen LogP contribution < -0.4 is 16.0 Å². The molecule has 0 atom stereocenters. The summed E-state index contributed by atoms with van der Waals surface area (Å²) in [7, 11) is 0. The Morgan fingerprint density at radius 2 is 1.90 bits per heavy atom. The highest BCUT2D eigenvalue weighted by atomic mass is 19.3. The molecule has 1 amide bonds. The molecular formula is C28H30F4N6O2. The van der Waals surface area contributed by atoms with E-state index in [0.717, 1.165) is 12.5 Å². The van der Waals surface area contributed by atoms with E-state index in [4.69, 9.17) is 0 Å². The zero-order chi connectivity index (χ0) is 29.0. The number of nitrogens with zero attached hydrogens (tertiary/aromatic N) is 3. The molecule has 4 aromatic rings. The van der Waals surface area contributed by atoms with Crippen LogP contribution in [0.5, 0.6) is 0 Å². The number of fused-ring (bicyclic) bond motifs is 1. The third-order valence-electron chi connectivity index (χ3n) is 6.46. The molecule has 3 heterocycles. The SMILES string of the molecule is CC(F)F.CCc1cc(Nc2nccn3c(-c4ccc(C)c(F)c4F)cnc23)ccc1C(=O)NCC1(O)CNC1. The fourth-order valence-corrected chi connectivity index (χ4v) is 4.25. The van der Waals surface area contributed by atoms with Crippen LogP contribution in [0, 0.1) is 18.6 Å². The lowest BCUT2D eigenvalue weighted by Crippen LogP contribution is -2.64. The third-order valence-corrected chi connectivity index (χ3v) is 6.46. The minimum absolute atomic E-state index is 0.105. The number of carbonyl (C=O) groups is 1. The second kappa shape index (κ2) is 12.0. The van der Waals surface area contributed by atoms with Gasteiger partial charge in [0.15, 0.2) is 23.1 Å². The van der Waals surface area contributed by atoms with Gasteiger partial charge in [-0.3, -0.25) is 9.20 Å². The molecule has 2 aromatic heterocycles. The van der Waals surface area contributed by atoms with Gasteiger partial charge in [0.2, 0.25) is 6.43 Å². The second-order valence-corrected chi connectivity index (χ2v) is 9.55. The van der Waals surface area contributed by atoms with E-state index < -0.39 is 23.7 Å². The number of aromatic nitrogens is 3. The van der Waals surface area contributed by atoms with E-state index in [1.54, 1.807) is 28.9 Å². The number of rotatable bonds is 7. The molecular weight excluding hydrogens is 528 g/mol. The van der Waals surface area contributed by atoms with Gasteiger partial charge in [0.1, 0.15) is 5.60 Å². The number of imidazole rings is 1. The minimum Gasteiger partial charge on any atom is -0.385 e. The van der Waals surface area contributed by atoms with E-state index in [1.165, 1.54) is 25.3 Å². The number of halogens is 4. The summed E-state index contributed by atoms with van der Waals surface area (Å²) in [6, 6.07) is 8.40. The molecule has 2 aromatic carbocycles. The van der Waals surface area contributed by atoms with E-state index in [2.05, 4.69) is 25.9 Å². The average Bonchev–Trinajstić information content (AvgIpc) is 3.34. The van der Waals surface area contributed by atoms with Gasteiger partial charge in [-0.25, -0.2) is 27.5 Å². The molecule has 1 aliphatic heterocycles. The number of anilines is 2. The van der Waals surface area contributed by atoms with Crippen LogP contribution in [0.25, 0.3) is 16.9 Å². The fourth-order valence-electron chi connectivity index (χ4n) is 4.25. The number of β-amino-alcohol motifs (C(OH)–C–C–N with tert-alkyl or cyclic N) is 1. The predicted octanol–water partition coefficient (Wildman–Crippen LogP) is 4.62. The van der Waals surface area contributed by atoms with Gasteiger partial charge in [0.05, 0.1) is 11.9 Å². The van der Waals surface area contributed by atoms with Crippen LogP contribution in [0.3, 0.4) is 0 Å². The molecule has 0 spiro atoms. The molecule has 1 fully saturated rings. The van der Waals surface area contributed by atoms with Crippen LogP contribution in [0.1, 0.15) is 35.3 Å². The zero-order valence-electron chi connectivity index (χ0n) is 22.2. The van der Waals surface area contributed by atoms with Crippen LogP contribution in [0.15, 0.2) is 48.9 Å². The van der Waals surface area contributed by atoms with Crippen LogP contribution in [0.4, 0.5) is 29.1 Å². The standard InChI is InChI=1S/C26H26F2N6O2.C2H4F2/c1-3-16-10-17(5-7-18(16)25(35)32-14-26(36)12-29-13-26)33-23-24-31-11-20(34(24)9-8-30-23)19-6-4-15(2)21(27)22(19)28;1-2(3)4/h4-11,29,36H,3,12-14H2,1-2H3,(H,30,33)(H,32,35);2H,1H3. The van der Waals surface area contributed by atoms with E-state index in [0.29, 0.717) is 47.9 Å². The Hall–Kier alpha value is -4.03. The highest BCUT2D eigenvalue weighted by Gasteiger charge is 2.34. The lowest BCUT2D eigenvalue weighted by Gasteiger charge is -2.37. The van der Waals surface area contributed by atoms with Gasteiger partial charge in [-0.05, 0) is 55.7 Å². The number of aryl methyl sites for hydroxylation is 2. The maximum atomic E-state index is 14.6. The molecule has 40 heavy (non-hydrogen) atoms. The lowest BCUT2D eigenvalue weighted by molar-refractivity contribution is -0.00760.